The maximum absolute atomic E-state index is 5.85. The molecule has 1 rings (SSSR count). The normalized spacial score (nSPS) is 23.1. The van der Waals surface area contributed by atoms with Crippen LogP contribution in [-0.4, -0.2) is 12.2 Å². The molecule has 0 saturated heterocycles. The molecule has 0 N–H and O–H groups in total. The molecular weight excluding hydrogens is 224 g/mol. The van der Waals surface area contributed by atoms with Crippen LogP contribution in [0.25, 0.3) is 0 Å². The average molecular weight is 252 g/mol. The van der Waals surface area contributed by atoms with Gasteiger partial charge < -0.3 is 9.47 Å². The monoisotopic (exact) mass is 252 g/mol. The molecule has 0 aromatic rings. The zero-order valence-electron chi connectivity index (χ0n) is 12.3. The van der Waals surface area contributed by atoms with Gasteiger partial charge in [-0.15, -0.1) is 0 Å². The topological polar surface area (TPSA) is 18.5 Å². The smallest absolute Gasteiger partial charge is 0.104 e. The molecule has 1 fully saturated rings. The third-order valence-corrected chi connectivity index (χ3v) is 4.24. The summed E-state index contributed by atoms with van der Waals surface area (Å²) in [5.74, 6) is 0. The summed E-state index contributed by atoms with van der Waals surface area (Å²) in [6.07, 6.45) is 14.2. The summed E-state index contributed by atoms with van der Waals surface area (Å²) in [6.45, 7) is 8.34. The first-order valence-corrected chi connectivity index (χ1v) is 7.20. The van der Waals surface area contributed by atoms with E-state index < -0.39 is 0 Å². The molecule has 1 aliphatic carbocycles. The summed E-state index contributed by atoms with van der Waals surface area (Å²) >= 11 is 0. The summed E-state index contributed by atoms with van der Waals surface area (Å²) in [5.41, 5.74) is 0.150. The van der Waals surface area contributed by atoms with Crippen molar-refractivity contribution in [2.45, 2.75) is 72.0 Å². The van der Waals surface area contributed by atoms with Gasteiger partial charge in [0.15, 0.2) is 0 Å². The van der Waals surface area contributed by atoms with Crippen molar-refractivity contribution >= 4 is 0 Å². The third-order valence-electron chi connectivity index (χ3n) is 4.24. The van der Waals surface area contributed by atoms with Gasteiger partial charge in [-0.25, -0.2) is 0 Å². The van der Waals surface area contributed by atoms with Crippen LogP contribution >= 0.6 is 0 Å². The minimum atomic E-state index is 0.150. The van der Waals surface area contributed by atoms with Gasteiger partial charge in [-0.2, -0.15) is 0 Å². The van der Waals surface area contributed by atoms with Crippen molar-refractivity contribution in [3.63, 3.8) is 0 Å². The van der Waals surface area contributed by atoms with Crippen molar-refractivity contribution in [3.05, 3.63) is 24.7 Å². The Kier molecular flexibility index (Phi) is 6.31. The molecule has 0 radical (unpaired) electrons. The van der Waals surface area contributed by atoms with E-state index in [4.69, 9.17) is 9.47 Å². The number of hydrogen-bond donors (Lipinski definition) is 0. The van der Waals surface area contributed by atoms with E-state index in [1.165, 1.54) is 32.1 Å². The Morgan fingerprint density at radius 1 is 0.833 bits per heavy atom. The van der Waals surface area contributed by atoms with Crippen molar-refractivity contribution in [3.8, 4) is 0 Å². The molecule has 1 aliphatic rings. The average Bonchev–Trinajstić information content (AvgIpc) is 2.42. The van der Waals surface area contributed by atoms with Gasteiger partial charge in [0.25, 0.3) is 0 Å². The first-order chi connectivity index (χ1) is 8.67. The van der Waals surface area contributed by atoms with Crippen LogP contribution in [-0.2, 0) is 9.47 Å². The van der Waals surface area contributed by atoms with Crippen LogP contribution in [0.1, 0.15) is 59.8 Å². The molecule has 0 heterocycles. The van der Waals surface area contributed by atoms with Gasteiger partial charge in [-0.1, -0.05) is 31.4 Å². The molecule has 2 atom stereocenters. The van der Waals surface area contributed by atoms with Crippen molar-refractivity contribution < 1.29 is 9.47 Å². The lowest BCUT2D eigenvalue weighted by Gasteiger charge is -2.45. The minimum Gasteiger partial charge on any atom is -0.498 e. The standard InChI is InChI=1S/C16H28O2/c1-5-12-17-14(3)16(10-8-7-9-11-16)15(4)18-13-6-2/h5-6,12-15H,7-11H2,1-4H3. The van der Waals surface area contributed by atoms with Gasteiger partial charge in [-0.05, 0) is 40.5 Å². The fourth-order valence-corrected chi connectivity index (χ4v) is 3.02. The summed E-state index contributed by atoms with van der Waals surface area (Å²) in [7, 11) is 0. The molecule has 18 heavy (non-hydrogen) atoms. The Balaban J connectivity index is 2.79. The first-order valence-electron chi connectivity index (χ1n) is 7.20. The van der Waals surface area contributed by atoms with E-state index in [-0.39, 0.29) is 17.6 Å². The van der Waals surface area contributed by atoms with Gasteiger partial charge in [0.2, 0.25) is 0 Å². The second kappa shape index (κ2) is 7.50. The molecule has 0 bridgehead atoms. The number of allylic oxidation sites excluding steroid dienone is 2. The highest BCUT2D eigenvalue weighted by Crippen LogP contribution is 2.44. The zero-order chi connectivity index (χ0) is 13.4. The van der Waals surface area contributed by atoms with E-state index in [1.807, 2.05) is 38.5 Å². The molecule has 0 aliphatic heterocycles. The Bertz CT molecular complexity index is 253. The second-order valence-corrected chi connectivity index (χ2v) is 5.29. The number of ether oxygens (including phenoxy) is 2. The highest BCUT2D eigenvalue weighted by atomic mass is 16.5. The molecule has 0 amide bonds. The van der Waals surface area contributed by atoms with Crippen molar-refractivity contribution in [1.82, 2.24) is 0 Å². The summed E-state index contributed by atoms with van der Waals surface area (Å²) in [5, 5.41) is 0. The Morgan fingerprint density at radius 2 is 1.28 bits per heavy atom. The highest BCUT2D eigenvalue weighted by Gasteiger charge is 2.44. The van der Waals surface area contributed by atoms with E-state index in [0.29, 0.717) is 0 Å². The van der Waals surface area contributed by atoms with Gasteiger partial charge >= 0.3 is 0 Å². The highest BCUT2D eigenvalue weighted by molar-refractivity contribution is 4.94. The molecule has 0 spiro atoms. The molecule has 2 unspecified atom stereocenters. The fourth-order valence-electron chi connectivity index (χ4n) is 3.02. The van der Waals surface area contributed by atoms with E-state index in [0.717, 1.165) is 0 Å². The zero-order valence-corrected chi connectivity index (χ0v) is 12.3. The lowest BCUT2D eigenvalue weighted by Crippen LogP contribution is -2.45. The van der Waals surface area contributed by atoms with Crippen LogP contribution in [0.4, 0.5) is 0 Å². The maximum atomic E-state index is 5.85. The Morgan fingerprint density at radius 3 is 1.67 bits per heavy atom. The first kappa shape index (κ1) is 15.1. The van der Waals surface area contributed by atoms with Crippen LogP contribution in [0.5, 0.6) is 0 Å². The van der Waals surface area contributed by atoms with Crippen LogP contribution in [0, 0.1) is 5.41 Å². The Hall–Kier alpha value is -0.920. The van der Waals surface area contributed by atoms with Gasteiger partial charge in [0.1, 0.15) is 12.2 Å². The predicted octanol–water partition coefficient (Wildman–Crippen LogP) is 4.81. The quantitative estimate of drug-likeness (QED) is 0.631. The van der Waals surface area contributed by atoms with Crippen molar-refractivity contribution in [2.75, 3.05) is 0 Å². The van der Waals surface area contributed by atoms with Crippen molar-refractivity contribution in [2.24, 2.45) is 5.41 Å². The van der Waals surface area contributed by atoms with E-state index >= 15 is 0 Å². The minimum absolute atomic E-state index is 0.150. The van der Waals surface area contributed by atoms with Crippen molar-refractivity contribution in [1.29, 1.82) is 0 Å². The predicted molar refractivity (Wildman–Crippen MR) is 76.2 cm³/mol. The lowest BCUT2D eigenvalue weighted by atomic mass is 9.67. The lowest BCUT2D eigenvalue weighted by molar-refractivity contribution is -0.0860. The molecule has 104 valence electrons. The summed E-state index contributed by atoms with van der Waals surface area (Å²) in [6, 6.07) is 0. The second-order valence-electron chi connectivity index (χ2n) is 5.29. The molecule has 2 heteroatoms. The number of hydrogen-bond acceptors (Lipinski definition) is 2. The van der Waals surface area contributed by atoms with E-state index in [1.54, 1.807) is 0 Å². The molecular formula is C16H28O2. The van der Waals surface area contributed by atoms with Crippen LogP contribution in [0.3, 0.4) is 0 Å². The molecule has 1 saturated carbocycles. The largest absolute Gasteiger partial charge is 0.498 e. The maximum Gasteiger partial charge on any atom is 0.104 e. The third kappa shape index (κ3) is 3.54. The van der Waals surface area contributed by atoms with E-state index in [9.17, 15) is 0 Å². The molecule has 0 aromatic heterocycles. The van der Waals surface area contributed by atoms with Gasteiger partial charge in [0, 0.05) is 5.41 Å². The summed E-state index contributed by atoms with van der Waals surface area (Å²) < 4.78 is 11.7. The van der Waals surface area contributed by atoms with Gasteiger partial charge in [-0.3, -0.25) is 0 Å². The van der Waals surface area contributed by atoms with E-state index in [2.05, 4.69) is 13.8 Å². The Labute approximate surface area is 112 Å². The van der Waals surface area contributed by atoms with Crippen LogP contribution in [0.15, 0.2) is 24.7 Å². The SMILES string of the molecule is CC=COC(C)C1(C(C)OC=CC)CCCCC1. The van der Waals surface area contributed by atoms with Crippen LogP contribution in [0.2, 0.25) is 0 Å². The van der Waals surface area contributed by atoms with Gasteiger partial charge in [0.05, 0.1) is 12.5 Å². The molecule has 0 aromatic carbocycles. The van der Waals surface area contributed by atoms with Crippen LogP contribution < -0.4 is 0 Å². The summed E-state index contributed by atoms with van der Waals surface area (Å²) in [4.78, 5) is 0. The number of rotatable bonds is 6. The fraction of sp³-hybridized carbons (Fsp3) is 0.750. The molecule has 2 nitrogen and oxygen atoms in total.